The van der Waals surface area contributed by atoms with Gasteiger partial charge < -0.3 is 10.1 Å². The van der Waals surface area contributed by atoms with Gasteiger partial charge in [-0.2, -0.15) is 0 Å². The Labute approximate surface area is 115 Å². The van der Waals surface area contributed by atoms with Gasteiger partial charge in [-0.15, -0.1) is 0 Å². The van der Waals surface area contributed by atoms with E-state index in [0.29, 0.717) is 0 Å². The van der Waals surface area contributed by atoms with Gasteiger partial charge in [-0.1, -0.05) is 35.4 Å². The van der Waals surface area contributed by atoms with Crippen molar-refractivity contribution in [2.75, 3.05) is 26.8 Å². The first-order valence-electron chi connectivity index (χ1n) is 6.32. The number of allylic oxidation sites excluding steroid dienone is 1. The van der Waals surface area contributed by atoms with Crippen LogP contribution in [0.2, 0.25) is 5.02 Å². The Morgan fingerprint density at radius 1 is 1.28 bits per heavy atom. The van der Waals surface area contributed by atoms with Crippen LogP contribution in [-0.4, -0.2) is 26.8 Å². The first-order valence-corrected chi connectivity index (χ1v) is 6.70. The van der Waals surface area contributed by atoms with Crippen LogP contribution in [0.5, 0.6) is 0 Å². The molecular formula is C15H22ClNO. The fourth-order valence-corrected chi connectivity index (χ4v) is 1.84. The summed E-state index contributed by atoms with van der Waals surface area (Å²) in [4.78, 5) is 0. The van der Waals surface area contributed by atoms with Crippen LogP contribution in [0, 0.1) is 0 Å². The average molecular weight is 268 g/mol. The fourth-order valence-electron chi connectivity index (χ4n) is 1.72. The topological polar surface area (TPSA) is 21.3 Å². The molecule has 2 nitrogen and oxygen atoms in total. The molecule has 0 amide bonds. The van der Waals surface area contributed by atoms with Crippen LogP contribution in [0.15, 0.2) is 35.9 Å². The fraction of sp³-hybridized carbons (Fsp3) is 0.467. The number of nitrogens with one attached hydrogen (secondary N) is 1. The Morgan fingerprint density at radius 2 is 2.00 bits per heavy atom. The highest BCUT2D eigenvalue weighted by Crippen LogP contribution is 2.13. The van der Waals surface area contributed by atoms with Crippen molar-refractivity contribution < 1.29 is 4.74 Å². The number of hydrogen-bond acceptors (Lipinski definition) is 2. The molecule has 0 aliphatic carbocycles. The molecule has 1 rings (SSSR count). The predicted octanol–water partition coefficient (Wildman–Crippen LogP) is 3.45. The van der Waals surface area contributed by atoms with E-state index in [4.69, 9.17) is 16.3 Å². The van der Waals surface area contributed by atoms with Crippen LogP contribution in [0.1, 0.15) is 18.9 Å². The van der Waals surface area contributed by atoms with Crippen molar-refractivity contribution >= 4 is 11.6 Å². The van der Waals surface area contributed by atoms with Gasteiger partial charge in [0.2, 0.25) is 0 Å². The molecule has 1 aromatic rings. The number of rotatable bonds is 8. The molecule has 0 aliphatic rings. The van der Waals surface area contributed by atoms with E-state index >= 15 is 0 Å². The molecule has 0 fully saturated rings. The summed E-state index contributed by atoms with van der Waals surface area (Å²) >= 11 is 5.86. The van der Waals surface area contributed by atoms with Gasteiger partial charge in [-0.3, -0.25) is 0 Å². The second kappa shape index (κ2) is 9.15. The molecule has 1 aromatic carbocycles. The summed E-state index contributed by atoms with van der Waals surface area (Å²) in [5, 5.41) is 4.12. The molecule has 100 valence electrons. The summed E-state index contributed by atoms with van der Waals surface area (Å²) < 4.78 is 4.97. The Morgan fingerprint density at radius 3 is 2.67 bits per heavy atom. The maximum absolute atomic E-state index is 5.86. The maximum atomic E-state index is 5.86. The van der Waals surface area contributed by atoms with Gasteiger partial charge in [0.15, 0.2) is 0 Å². The van der Waals surface area contributed by atoms with Crippen LogP contribution in [0.3, 0.4) is 0 Å². The Bertz CT molecular complexity index is 359. The lowest BCUT2D eigenvalue weighted by atomic mass is 10.1. The molecule has 0 bridgehead atoms. The minimum atomic E-state index is 0.771. The van der Waals surface area contributed by atoms with Crippen LogP contribution in [-0.2, 0) is 11.2 Å². The van der Waals surface area contributed by atoms with Crippen molar-refractivity contribution in [2.45, 2.75) is 19.8 Å². The van der Waals surface area contributed by atoms with Crippen molar-refractivity contribution in [1.82, 2.24) is 5.32 Å². The van der Waals surface area contributed by atoms with Crippen LogP contribution in [0.4, 0.5) is 0 Å². The van der Waals surface area contributed by atoms with Gasteiger partial charge in [0.25, 0.3) is 0 Å². The summed E-state index contributed by atoms with van der Waals surface area (Å²) in [5.74, 6) is 0. The van der Waals surface area contributed by atoms with Crippen molar-refractivity contribution in [1.29, 1.82) is 0 Å². The highest BCUT2D eigenvalue weighted by molar-refractivity contribution is 6.30. The summed E-state index contributed by atoms with van der Waals surface area (Å²) in [5.41, 5.74) is 2.70. The lowest BCUT2D eigenvalue weighted by Crippen LogP contribution is -2.19. The van der Waals surface area contributed by atoms with Crippen LogP contribution in [0.25, 0.3) is 0 Å². The van der Waals surface area contributed by atoms with E-state index in [1.807, 2.05) is 12.1 Å². The second-order valence-electron chi connectivity index (χ2n) is 4.39. The van der Waals surface area contributed by atoms with Crippen LogP contribution >= 0.6 is 11.6 Å². The quantitative estimate of drug-likeness (QED) is 0.575. The molecule has 0 spiro atoms. The van der Waals surface area contributed by atoms with Crippen molar-refractivity contribution in [3.8, 4) is 0 Å². The highest BCUT2D eigenvalue weighted by Gasteiger charge is 1.95. The first kappa shape index (κ1) is 15.2. The molecule has 0 saturated carbocycles. The van der Waals surface area contributed by atoms with E-state index < -0.39 is 0 Å². The zero-order valence-corrected chi connectivity index (χ0v) is 12.0. The first-order chi connectivity index (χ1) is 8.72. The monoisotopic (exact) mass is 267 g/mol. The van der Waals surface area contributed by atoms with Crippen LogP contribution < -0.4 is 5.32 Å². The van der Waals surface area contributed by atoms with Gasteiger partial charge in [-0.05, 0) is 44.0 Å². The van der Waals surface area contributed by atoms with E-state index in [0.717, 1.165) is 37.6 Å². The molecule has 0 aliphatic heterocycles. The molecule has 18 heavy (non-hydrogen) atoms. The summed E-state index contributed by atoms with van der Waals surface area (Å²) in [6.45, 7) is 4.86. The molecular weight excluding hydrogens is 246 g/mol. The van der Waals surface area contributed by atoms with Crippen molar-refractivity contribution in [3.05, 3.63) is 46.5 Å². The largest absolute Gasteiger partial charge is 0.383 e. The molecule has 0 unspecified atom stereocenters. The third-order valence-electron chi connectivity index (χ3n) is 2.69. The minimum Gasteiger partial charge on any atom is -0.383 e. The molecule has 0 heterocycles. The second-order valence-corrected chi connectivity index (χ2v) is 4.82. The van der Waals surface area contributed by atoms with E-state index in [9.17, 15) is 0 Å². The van der Waals surface area contributed by atoms with Crippen molar-refractivity contribution in [2.24, 2.45) is 0 Å². The molecule has 3 heteroatoms. The third-order valence-corrected chi connectivity index (χ3v) is 2.95. The van der Waals surface area contributed by atoms with Gasteiger partial charge in [0.1, 0.15) is 0 Å². The zero-order chi connectivity index (χ0) is 13.2. The Balaban J connectivity index is 2.23. The summed E-state index contributed by atoms with van der Waals surface area (Å²) in [7, 11) is 1.72. The number of hydrogen-bond donors (Lipinski definition) is 1. The Hall–Kier alpha value is -0.830. The number of methoxy groups -OCH3 is 1. The SMILES string of the molecule is COCCNCCC=C(C)Cc1ccc(Cl)cc1. The minimum absolute atomic E-state index is 0.771. The van der Waals surface area contributed by atoms with Crippen molar-refractivity contribution in [3.63, 3.8) is 0 Å². The lowest BCUT2D eigenvalue weighted by Gasteiger charge is -2.04. The summed E-state index contributed by atoms with van der Waals surface area (Å²) in [6.07, 6.45) is 4.34. The van der Waals surface area contributed by atoms with Gasteiger partial charge in [-0.25, -0.2) is 0 Å². The normalized spacial score (nSPS) is 11.8. The number of halogens is 1. The maximum Gasteiger partial charge on any atom is 0.0587 e. The molecule has 0 saturated heterocycles. The van der Waals surface area contributed by atoms with E-state index in [-0.39, 0.29) is 0 Å². The number of ether oxygens (including phenoxy) is 1. The summed E-state index contributed by atoms with van der Waals surface area (Å²) in [6, 6.07) is 8.04. The van der Waals surface area contributed by atoms with E-state index in [2.05, 4.69) is 30.4 Å². The Kier molecular flexibility index (Phi) is 7.74. The molecule has 1 N–H and O–H groups in total. The third kappa shape index (κ3) is 6.80. The standard InChI is InChI=1S/C15H22ClNO/c1-13(4-3-9-17-10-11-18-2)12-14-5-7-15(16)8-6-14/h4-8,17H,3,9-12H2,1-2H3. The van der Waals surface area contributed by atoms with Gasteiger partial charge in [0, 0.05) is 18.7 Å². The lowest BCUT2D eigenvalue weighted by molar-refractivity contribution is 0.199. The molecule has 0 radical (unpaired) electrons. The zero-order valence-electron chi connectivity index (χ0n) is 11.2. The van der Waals surface area contributed by atoms with E-state index in [1.54, 1.807) is 7.11 Å². The molecule has 0 aromatic heterocycles. The predicted molar refractivity (Wildman–Crippen MR) is 78.3 cm³/mol. The highest BCUT2D eigenvalue weighted by atomic mass is 35.5. The smallest absolute Gasteiger partial charge is 0.0587 e. The molecule has 0 atom stereocenters. The number of benzene rings is 1. The van der Waals surface area contributed by atoms with Gasteiger partial charge in [0.05, 0.1) is 6.61 Å². The average Bonchev–Trinajstić information content (AvgIpc) is 2.36. The van der Waals surface area contributed by atoms with Gasteiger partial charge >= 0.3 is 0 Å². The van der Waals surface area contributed by atoms with E-state index in [1.165, 1.54) is 11.1 Å².